The van der Waals surface area contributed by atoms with Crippen molar-refractivity contribution in [3.8, 4) is 11.8 Å². The lowest BCUT2D eigenvalue weighted by atomic mass is 9.85. The average molecular weight is 262 g/mol. The minimum absolute atomic E-state index is 0.0962. The zero-order valence-corrected chi connectivity index (χ0v) is 11.4. The van der Waals surface area contributed by atoms with Gasteiger partial charge in [-0.2, -0.15) is 0 Å². The van der Waals surface area contributed by atoms with E-state index >= 15 is 0 Å². The fourth-order valence-corrected chi connectivity index (χ4v) is 2.77. The van der Waals surface area contributed by atoms with Crippen LogP contribution in [0.2, 0.25) is 0 Å². The van der Waals surface area contributed by atoms with E-state index in [-0.39, 0.29) is 5.91 Å². The van der Waals surface area contributed by atoms with Crippen molar-refractivity contribution in [3.05, 3.63) is 21.9 Å². The van der Waals surface area contributed by atoms with Gasteiger partial charge in [0.05, 0.1) is 17.0 Å². The number of hydrogen-bond acceptors (Lipinski definition) is 3. The van der Waals surface area contributed by atoms with Crippen LogP contribution >= 0.6 is 11.3 Å². The molecule has 4 heteroatoms. The molecular formula is C14H18N2OS. The number of amides is 1. The first-order valence-corrected chi connectivity index (χ1v) is 7.11. The molecule has 0 bridgehead atoms. The van der Waals surface area contributed by atoms with Crippen molar-refractivity contribution in [2.45, 2.75) is 19.3 Å². The molecule has 18 heavy (non-hydrogen) atoms. The second kappa shape index (κ2) is 6.03. The first kappa shape index (κ1) is 13.1. The summed E-state index contributed by atoms with van der Waals surface area (Å²) in [6.07, 6.45) is 3.83. The van der Waals surface area contributed by atoms with E-state index in [0.29, 0.717) is 12.5 Å². The van der Waals surface area contributed by atoms with Crippen LogP contribution in [0.4, 0.5) is 0 Å². The summed E-state index contributed by atoms with van der Waals surface area (Å²) in [7, 11) is 1.88. The third kappa shape index (κ3) is 3.12. The highest BCUT2D eigenvalue weighted by Gasteiger charge is 2.22. The fourth-order valence-electron chi connectivity index (χ4n) is 2.02. The third-order valence-electron chi connectivity index (χ3n) is 3.26. The minimum atomic E-state index is 0.0962. The van der Waals surface area contributed by atoms with Crippen molar-refractivity contribution in [1.82, 2.24) is 4.90 Å². The van der Waals surface area contributed by atoms with E-state index in [2.05, 4.69) is 11.8 Å². The molecule has 0 unspecified atom stereocenters. The van der Waals surface area contributed by atoms with E-state index < -0.39 is 0 Å². The number of thiophene rings is 1. The Morgan fingerprint density at radius 2 is 2.39 bits per heavy atom. The van der Waals surface area contributed by atoms with Gasteiger partial charge < -0.3 is 10.6 Å². The van der Waals surface area contributed by atoms with Gasteiger partial charge in [-0.3, -0.25) is 4.79 Å². The van der Waals surface area contributed by atoms with Crippen molar-refractivity contribution < 1.29 is 4.79 Å². The van der Waals surface area contributed by atoms with Gasteiger partial charge in [0.2, 0.25) is 0 Å². The number of carbonyl (C=O) groups is 1. The van der Waals surface area contributed by atoms with Crippen molar-refractivity contribution in [3.63, 3.8) is 0 Å². The van der Waals surface area contributed by atoms with Crippen LogP contribution in [-0.4, -0.2) is 30.9 Å². The Morgan fingerprint density at radius 1 is 1.61 bits per heavy atom. The Bertz CT molecular complexity index is 479. The summed E-state index contributed by atoms with van der Waals surface area (Å²) in [5, 5.41) is 1.88. The molecule has 1 aliphatic rings. The lowest BCUT2D eigenvalue weighted by molar-refractivity contribution is 0.0746. The normalized spacial score (nSPS) is 14.6. The largest absolute Gasteiger partial charge is 0.341 e. The molecule has 0 radical (unpaired) electrons. The lowest BCUT2D eigenvalue weighted by Crippen LogP contribution is -2.34. The molecule has 0 saturated heterocycles. The summed E-state index contributed by atoms with van der Waals surface area (Å²) >= 11 is 1.50. The fraction of sp³-hybridized carbons (Fsp3) is 0.500. The summed E-state index contributed by atoms with van der Waals surface area (Å²) in [6.45, 7) is 1.22. The van der Waals surface area contributed by atoms with Crippen LogP contribution in [0.15, 0.2) is 11.4 Å². The maximum atomic E-state index is 12.2. The second-order valence-electron chi connectivity index (χ2n) is 4.69. The predicted octanol–water partition coefficient (Wildman–Crippen LogP) is 1.93. The van der Waals surface area contributed by atoms with Crippen LogP contribution in [0.5, 0.6) is 0 Å². The Hall–Kier alpha value is -1.31. The van der Waals surface area contributed by atoms with Crippen molar-refractivity contribution >= 4 is 17.2 Å². The molecule has 0 aliphatic heterocycles. The molecule has 2 rings (SSSR count). The molecule has 1 saturated carbocycles. The Morgan fingerprint density at radius 3 is 3.00 bits per heavy atom. The number of rotatable bonds is 3. The topological polar surface area (TPSA) is 46.3 Å². The molecule has 1 heterocycles. The summed E-state index contributed by atoms with van der Waals surface area (Å²) < 4.78 is 0. The van der Waals surface area contributed by atoms with Gasteiger partial charge in [-0.1, -0.05) is 18.3 Å². The summed E-state index contributed by atoms with van der Waals surface area (Å²) in [6, 6.07) is 1.85. The van der Waals surface area contributed by atoms with E-state index in [1.54, 1.807) is 0 Å². The first-order valence-electron chi connectivity index (χ1n) is 6.23. The van der Waals surface area contributed by atoms with Gasteiger partial charge in [-0.25, -0.2) is 0 Å². The van der Waals surface area contributed by atoms with Crippen LogP contribution in [-0.2, 0) is 0 Å². The van der Waals surface area contributed by atoms with E-state index in [1.807, 2.05) is 23.4 Å². The van der Waals surface area contributed by atoms with Gasteiger partial charge in [0.25, 0.3) is 5.91 Å². The Balaban J connectivity index is 1.96. The van der Waals surface area contributed by atoms with Crippen molar-refractivity contribution in [1.29, 1.82) is 0 Å². The molecule has 1 aliphatic carbocycles. The van der Waals surface area contributed by atoms with Gasteiger partial charge in [-0.15, -0.1) is 11.3 Å². The van der Waals surface area contributed by atoms with Crippen molar-refractivity contribution in [2.75, 3.05) is 20.1 Å². The number of nitrogens with two attached hydrogens (primary N) is 1. The summed E-state index contributed by atoms with van der Waals surface area (Å²) in [4.78, 5) is 14.9. The van der Waals surface area contributed by atoms with Gasteiger partial charge in [-0.05, 0) is 24.8 Å². The zero-order chi connectivity index (χ0) is 13.0. The predicted molar refractivity (Wildman–Crippen MR) is 74.6 cm³/mol. The molecule has 1 amide bonds. The molecule has 0 spiro atoms. The maximum Gasteiger partial charge on any atom is 0.254 e. The maximum absolute atomic E-state index is 12.2. The highest BCUT2D eigenvalue weighted by Crippen LogP contribution is 2.27. The van der Waals surface area contributed by atoms with Gasteiger partial charge >= 0.3 is 0 Å². The molecule has 1 fully saturated rings. The quantitative estimate of drug-likeness (QED) is 0.846. The van der Waals surface area contributed by atoms with Crippen LogP contribution in [0.3, 0.4) is 0 Å². The van der Waals surface area contributed by atoms with E-state index in [4.69, 9.17) is 5.73 Å². The lowest BCUT2D eigenvalue weighted by Gasteiger charge is -2.30. The SMILES string of the molecule is CN(CC1CCC1)C(=O)c1csc(C#CCN)c1. The Kier molecular flexibility index (Phi) is 4.40. The molecule has 0 atom stereocenters. The van der Waals surface area contributed by atoms with Crippen LogP contribution in [0.25, 0.3) is 0 Å². The monoisotopic (exact) mass is 262 g/mol. The molecule has 1 aromatic rings. The third-order valence-corrected chi connectivity index (χ3v) is 4.11. The molecule has 96 valence electrons. The standard InChI is InChI=1S/C14H18N2OS/c1-16(9-11-4-2-5-11)14(17)12-8-13(18-10-12)6-3-7-15/h8,10-11H,2,4-5,7,9,15H2,1H3. The molecule has 2 N–H and O–H groups in total. The van der Waals surface area contributed by atoms with Crippen LogP contribution in [0, 0.1) is 17.8 Å². The van der Waals surface area contributed by atoms with Crippen LogP contribution in [0.1, 0.15) is 34.5 Å². The molecular weight excluding hydrogens is 244 g/mol. The number of nitrogens with zero attached hydrogens (tertiary/aromatic N) is 1. The van der Waals surface area contributed by atoms with E-state index in [1.165, 1.54) is 30.6 Å². The van der Waals surface area contributed by atoms with Gasteiger partial charge in [0.1, 0.15) is 0 Å². The first-order chi connectivity index (χ1) is 8.70. The molecule has 0 aromatic carbocycles. The number of carbonyl (C=O) groups excluding carboxylic acids is 1. The van der Waals surface area contributed by atoms with Gasteiger partial charge in [0.15, 0.2) is 0 Å². The van der Waals surface area contributed by atoms with Gasteiger partial charge in [0, 0.05) is 19.0 Å². The summed E-state index contributed by atoms with van der Waals surface area (Å²) in [5.74, 6) is 6.55. The van der Waals surface area contributed by atoms with E-state index in [0.717, 1.165) is 17.0 Å². The van der Waals surface area contributed by atoms with E-state index in [9.17, 15) is 4.79 Å². The highest BCUT2D eigenvalue weighted by atomic mass is 32.1. The minimum Gasteiger partial charge on any atom is -0.341 e. The highest BCUT2D eigenvalue weighted by molar-refractivity contribution is 7.10. The summed E-state index contributed by atoms with van der Waals surface area (Å²) in [5.41, 5.74) is 6.06. The van der Waals surface area contributed by atoms with Crippen LogP contribution < -0.4 is 5.73 Å². The molecule has 1 aromatic heterocycles. The molecule has 3 nitrogen and oxygen atoms in total. The zero-order valence-electron chi connectivity index (χ0n) is 10.6. The smallest absolute Gasteiger partial charge is 0.254 e. The average Bonchev–Trinajstić information content (AvgIpc) is 2.78. The Labute approximate surface area is 112 Å². The second-order valence-corrected chi connectivity index (χ2v) is 5.60. The number of hydrogen-bond donors (Lipinski definition) is 1. The van der Waals surface area contributed by atoms with Crippen molar-refractivity contribution in [2.24, 2.45) is 11.7 Å².